The Morgan fingerprint density at radius 3 is 2.35 bits per heavy atom. The van der Waals surface area contributed by atoms with Crippen LogP contribution in [0, 0.1) is 5.82 Å². The van der Waals surface area contributed by atoms with Crippen molar-refractivity contribution < 1.29 is 4.39 Å². The van der Waals surface area contributed by atoms with Crippen LogP contribution in [-0.4, -0.2) is 9.97 Å². The summed E-state index contributed by atoms with van der Waals surface area (Å²) in [6.07, 6.45) is 0. The summed E-state index contributed by atoms with van der Waals surface area (Å²) in [6, 6.07) is 8.04. The van der Waals surface area contributed by atoms with Crippen LogP contribution in [0.1, 0.15) is 25.5 Å². The van der Waals surface area contributed by atoms with Crippen LogP contribution in [-0.2, 0) is 0 Å². The lowest BCUT2D eigenvalue weighted by Gasteiger charge is -2.07. The maximum Gasteiger partial charge on any atom is 0.223 e. The van der Waals surface area contributed by atoms with Crippen molar-refractivity contribution in [3.05, 3.63) is 47.1 Å². The molecule has 2 aromatic rings. The maximum atomic E-state index is 12.8. The minimum Gasteiger partial charge on any atom is -0.223 e. The summed E-state index contributed by atoms with van der Waals surface area (Å²) in [4.78, 5) is 8.30. The van der Waals surface area contributed by atoms with Crippen molar-refractivity contribution >= 4 is 11.6 Å². The highest BCUT2D eigenvalue weighted by Gasteiger charge is 2.08. The summed E-state index contributed by atoms with van der Waals surface area (Å²) >= 11 is 5.88. The van der Waals surface area contributed by atoms with E-state index < -0.39 is 0 Å². The molecule has 1 aromatic carbocycles. The first-order chi connectivity index (χ1) is 8.06. The SMILES string of the molecule is CC(C)c1cc(-c2ccc(F)cc2)nc(Cl)n1. The predicted molar refractivity (Wildman–Crippen MR) is 66.5 cm³/mol. The van der Waals surface area contributed by atoms with Gasteiger partial charge < -0.3 is 0 Å². The number of hydrogen-bond acceptors (Lipinski definition) is 2. The molecular formula is C13H12ClFN2. The van der Waals surface area contributed by atoms with Crippen molar-refractivity contribution in [3.8, 4) is 11.3 Å². The number of benzene rings is 1. The topological polar surface area (TPSA) is 25.8 Å². The zero-order valence-electron chi connectivity index (χ0n) is 9.61. The fourth-order valence-electron chi connectivity index (χ4n) is 1.50. The average molecular weight is 251 g/mol. The molecule has 0 atom stereocenters. The molecule has 0 aliphatic rings. The van der Waals surface area contributed by atoms with Crippen LogP contribution in [0.2, 0.25) is 5.28 Å². The van der Waals surface area contributed by atoms with E-state index in [1.807, 2.05) is 19.9 Å². The third-order valence-electron chi connectivity index (χ3n) is 2.45. The lowest BCUT2D eigenvalue weighted by atomic mass is 10.1. The van der Waals surface area contributed by atoms with Crippen LogP contribution < -0.4 is 0 Å². The first kappa shape index (κ1) is 12.0. The van der Waals surface area contributed by atoms with E-state index in [1.165, 1.54) is 12.1 Å². The maximum absolute atomic E-state index is 12.8. The summed E-state index contributed by atoms with van der Waals surface area (Å²) < 4.78 is 12.8. The lowest BCUT2D eigenvalue weighted by molar-refractivity contribution is 0.628. The van der Waals surface area contributed by atoms with E-state index in [2.05, 4.69) is 9.97 Å². The number of halogens is 2. The Morgan fingerprint density at radius 1 is 1.12 bits per heavy atom. The summed E-state index contributed by atoms with van der Waals surface area (Å²) in [5.41, 5.74) is 2.43. The second-order valence-electron chi connectivity index (χ2n) is 4.11. The van der Waals surface area contributed by atoms with Crippen LogP contribution in [0.5, 0.6) is 0 Å². The smallest absolute Gasteiger partial charge is 0.223 e. The predicted octanol–water partition coefficient (Wildman–Crippen LogP) is 4.06. The second kappa shape index (κ2) is 4.80. The largest absolute Gasteiger partial charge is 0.223 e. The Morgan fingerprint density at radius 2 is 1.76 bits per heavy atom. The average Bonchev–Trinajstić information content (AvgIpc) is 2.29. The van der Waals surface area contributed by atoms with E-state index in [0.29, 0.717) is 5.69 Å². The molecule has 1 aromatic heterocycles. The van der Waals surface area contributed by atoms with E-state index >= 15 is 0 Å². The van der Waals surface area contributed by atoms with Gasteiger partial charge in [-0.25, -0.2) is 14.4 Å². The van der Waals surface area contributed by atoms with E-state index in [-0.39, 0.29) is 17.0 Å². The van der Waals surface area contributed by atoms with E-state index in [4.69, 9.17) is 11.6 Å². The molecule has 0 radical (unpaired) electrons. The van der Waals surface area contributed by atoms with E-state index in [0.717, 1.165) is 11.3 Å². The van der Waals surface area contributed by atoms with Gasteiger partial charge in [0.05, 0.1) is 5.69 Å². The van der Waals surface area contributed by atoms with E-state index in [1.54, 1.807) is 12.1 Å². The molecule has 0 unspecified atom stereocenters. The molecule has 0 fully saturated rings. The molecule has 4 heteroatoms. The fourth-order valence-corrected chi connectivity index (χ4v) is 1.69. The number of aromatic nitrogens is 2. The van der Waals surface area contributed by atoms with Crippen molar-refractivity contribution in [3.63, 3.8) is 0 Å². The number of nitrogens with zero attached hydrogens (tertiary/aromatic N) is 2. The zero-order chi connectivity index (χ0) is 12.4. The van der Waals surface area contributed by atoms with Crippen molar-refractivity contribution in [1.82, 2.24) is 9.97 Å². The number of rotatable bonds is 2. The van der Waals surface area contributed by atoms with Gasteiger partial charge in [-0.05, 0) is 47.9 Å². The molecule has 17 heavy (non-hydrogen) atoms. The van der Waals surface area contributed by atoms with Gasteiger partial charge in [0.2, 0.25) is 5.28 Å². The first-order valence-corrected chi connectivity index (χ1v) is 5.74. The number of hydrogen-bond donors (Lipinski definition) is 0. The summed E-state index contributed by atoms with van der Waals surface area (Å²) in [7, 11) is 0. The standard InChI is InChI=1S/C13H12ClFN2/c1-8(2)11-7-12(17-13(14)16-11)9-3-5-10(15)6-4-9/h3-8H,1-2H3. The molecule has 0 saturated carbocycles. The molecule has 0 saturated heterocycles. The van der Waals surface area contributed by atoms with Crippen LogP contribution >= 0.6 is 11.6 Å². The molecule has 2 nitrogen and oxygen atoms in total. The van der Waals surface area contributed by atoms with Crippen LogP contribution in [0.15, 0.2) is 30.3 Å². The van der Waals surface area contributed by atoms with Crippen molar-refractivity contribution in [2.24, 2.45) is 0 Å². The van der Waals surface area contributed by atoms with Crippen molar-refractivity contribution in [2.45, 2.75) is 19.8 Å². The third-order valence-corrected chi connectivity index (χ3v) is 2.62. The van der Waals surface area contributed by atoms with Gasteiger partial charge in [-0.2, -0.15) is 0 Å². The Bertz CT molecular complexity index is 523. The summed E-state index contributed by atoms with van der Waals surface area (Å²) in [5, 5.41) is 0.218. The molecule has 0 N–H and O–H groups in total. The molecule has 0 spiro atoms. The minimum atomic E-state index is -0.266. The van der Waals surface area contributed by atoms with Gasteiger partial charge in [-0.1, -0.05) is 13.8 Å². The van der Waals surface area contributed by atoms with Crippen molar-refractivity contribution in [1.29, 1.82) is 0 Å². The fraction of sp³-hybridized carbons (Fsp3) is 0.231. The highest BCUT2D eigenvalue weighted by molar-refractivity contribution is 6.28. The van der Waals surface area contributed by atoms with Gasteiger partial charge in [-0.3, -0.25) is 0 Å². The monoisotopic (exact) mass is 250 g/mol. The lowest BCUT2D eigenvalue weighted by Crippen LogP contribution is -1.97. The summed E-state index contributed by atoms with van der Waals surface area (Å²) in [5.74, 6) is 0.00712. The molecule has 1 heterocycles. The van der Waals surface area contributed by atoms with Crippen LogP contribution in [0.3, 0.4) is 0 Å². The highest BCUT2D eigenvalue weighted by atomic mass is 35.5. The molecule has 0 bridgehead atoms. The Kier molecular flexibility index (Phi) is 3.38. The molecule has 88 valence electrons. The van der Waals surface area contributed by atoms with Gasteiger partial charge in [0.25, 0.3) is 0 Å². The normalized spacial score (nSPS) is 10.9. The summed E-state index contributed by atoms with van der Waals surface area (Å²) in [6.45, 7) is 4.07. The van der Waals surface area contributed by atoms with Gasteiger partial charge in [0.15, 0.2) is 0 Å². The van der Waals surface area contributed by atoms with Crippen molar-refractivity contribution in [2.75, 3.05) is 0 Å². The molecule has 0 aliphatic carbocycles. The van der Waals surface area contributed by atoms with E-state index in [9.17, 15) is 4.39 Å². The minimum absolute atomic E-state index is 0.218. The zero-order valence-corrected chi connectivity index (χ0v) is 10.4. The Labute approximate surface area is 104 Å². The van der Waals surface area contributed by atoms with Gasteiger partial charge in [0, 0.05) is 11.3 Å². The van der Waals surface area contributed by atoms with Gasteiger partial charge in [0.1, 0.15) is 5.82 Å². The molecule has 2 rings (SSSR count). The Balaban J connectivity index is 2.48. The van der Waals surface area contributed by atoms with Crippen LogP contribution in [0.4, 0.5) is 4.39 Å². The molecule has 0 amide bonds. The quantitative estimate of drug-likeness (QED) is 0.751. The Hall–Kier alpha value is -1.48. The first-order valence-electron chi connectivity index (χ1n) is 5.36. The van der Waals surface area contributed by atoms with Gasteiger partial charge >= 0.3 is 0 Å². The third kappa shape index (κ3) is 2.80. The highest BCUT2D eigenvalue weighted by Crippen LogP contribution is 2.22. The van der Waals surface area contributed by atoms with Gasteiger partial charge in [-0.15, -0.1) is 0 Å². The molecule has 0 aliphatic heterocycles. The van der Waals surface area contributed by atoms with Crippen LogP contribution in [0.25, 0.3) is 11.3 Å². The molecular weight excluding hydrogens is 239 g/mol. The second-order valence-corrected chi connectivity index (χ2v) is 4.45.